The first-order valence-corrected chi connectivity index (χ1v) is 6.92. The Morgan fingerprint density at radius 2 is 2.00 bits per heavy atom. The van der Waals surface area contributed by atoms with Crippen molar-refractivity contribution in [2.45, 2.75) is 25.8 Å². The average Bonchev–Trinajstić information content (AvgIpc) is 3.00. The summed E-state index contributed by atoms with van der Waals surface area (Å²) in [5.74, 6) is -1.67. The lowest BCUT2D eigenvalue weighted by Gasteiger charge is -2.30. The van der Waals surface area contributed by atoms with Crippen molar-refractivity contribution in [2.75, 3.05) is 32.8 Å². The molecular weight excluding hydrogens is 264 g/mol. The van der Waals surface area contributed by atoms with E-state index in [9.17, 15) is 14.4 Å². The van der Waals surface area contributed by atoms with Gasteiger partial charge in [-0.3, -0.25) is 24.2 Å². The molecule has 0 radical (unpaired) electrons. The first-order chi connectivity index (χ1) is 9.54. The number of ether oxygens (including phenoxy) is 1. The number of rotatable bonds is 6. The van der Waals surface area contributed by atoms with Crippen LogP contribution in [0, 0.1) is 5.92 Å². The molecule has 2 aliphatic rings. The second-order valence-electron chi connectivity index (χ2n) is 5.12. The van der Waals surface area contributed by atoms with Gasteiger partial charge < -0.3 is 9.84 Å². The fraction of sp³-hybridized carbons (Fsp3) is 0.769. The van der Waals surface area contributed by atoms with Gasteiger partial charge in [0.25, 0.3) is 0 Å². The highest BCUT2D eigenvalue weighted by atomic mass is 16.5. The number of nitrogens with zero attached hydrogens (tertiary/aromatic N) is 2. The third-order valence-electron chi connectivity index (χ3n) is 4.01. The molecule has 0 aromatic rings. The number of imide groups is 1. The molecule has 2 atom stereocenters. The van der Waals surface area contributed by atoms with E-state index in [0.29, 0.717) is 26.2 Å². The van der Waals surface area contributed by atoms with Crippen LogP contribution >= 0.6 is 0 Å². The summed E-state index contributed by atoms with van der Waals surface area (Å²) >= 11 is 0. The van der Waals surface area contributed by atoms with Crippen molar-refractivity contribution in [3.8, 4) is 0 Å². The molecule has 2 fully saturated rings. The zero-order valence-electron chi connectivity index (χ0n) is 11.6. The smallest absolute Gasteiger partial charge is 0.310 e. The molecule has 20 heavy (non-hydrogen) atoms. The molecule has 0 saturated carbocycles. The van der Waals surface area contributed by atoms with E-state index in [1.807, 2.05) is 11.8 Å². The van der Waals surface area contributed by atoms with Gasteiger partial charge in [0, 0.05) is 32.0 Å². The van der Waals surface area contributed by atoms with Crippen molar-refractivity contribution in [3.05, 3.63) is 0 Å². The SMILES string of the molecule is CCN(CCN1C(=O)CCC1=O)C1COCC1C(=O)O. The molecule has 0 aromatic heterocycles. The van der Waals surface area contributed by atoms with Crippen molar-refractivity contribution in [3.63, 3.8) is 0 Å². The van der Waals surface area contributed by atoms with Gasteiger partial charge in [-0.15, -0.1) is 0 Å². The lowest BCUT2D eigenvalue weighted by molar-refractivity contribution is -0.144. The molecular formula is C13H20N2O5. The predicted molar refractivity (Wildman–Crippen MR) is 68.9 cm³/mol. The van der Waals surface area contributed by atoms with E-state index < -0.39 is 11.9 Å². The number of carbonyl (C=O) groups is 3. The molecule has 112 valence electrons. The fourth-order valence-corrected chi connectivity index (χ4v) is 2.80. The maximum Gasteiger partial charge on any atom is 0.310 e. The van der Waals surface area contributed by atoms with Crippen LogP contribution in [-0.4, -0.2) is 71.6 Å². The van der Waals surface area contributed by atoms with E-state index in [2.05, 4.69) is 0 Å². The number of amides is 2. The Kier molecular flexibility index (Phi) is 4.72. The first-order valence-electron chi connectivity index (χ1n) is 6.92. The first kappa shape index (κ1) is 14.9. The van der Waals surface area contributed by atoms with E-state index >= 15 is 0 Å². The Morgan fingerprint density at radius 3 is 2.55 bits per heavy atom. The Balaban J connectivity index is 1.93. The number of carbonyl (C=O) groups excluding carboxylic acids is 2. The minimum absolute atomic E-state index is 0.136. The van der Waals surface area contributed by atoms with Crippen molar-refractivity contribution < 1.29 is 24.2 Å². The minimum Gasteiger partial charge on any atom is -0.481 e. The van der Waals surface area contributed by atoms with Crippen LogP contribution in [0.5, 0.6) is 0 Å². The predicted octanol–water partition coefficient (Wildman–Crippen LogP) is -0.443. The molecule has 0 aliphatic carbocycles. The number of hydrogen-bond donors (Lipinski definition) is 1. The fourth-order valence-electron chi connectivity index (χ4n) is 2.80. The molecule has 2 saturated heterocycles. The van der Waals surface area contributed by atoms with Gasteiger partial charge in [-0.1, -0.05) is 6.92 Å². The van der Waals surface area contributed by atoms with Gasteiger partial charge >= 0.3 is 5.97 Å². The Morgan fingerprint density at radius 1 is 1.35 bits per heavy atom. The zero-order chi connectivity index (χ0) is 14.7. The van der Waals surface area contributed by atoms with Gasteiger partial charge in [0.2, 0.25) is 11.8 Å². The highest BCUT2D eigenvalue weighted by Crippen LogP contribution is 2.20. The molecule has 0 aromatic carbocycles. The average molecular weight is 284 g/mol. The summed E-state index contributed by atoms with van der Waals surface area (Å²) in [7, 11) is 0. The molecule has 2 rings (SSSR count). The third kappa shape index (κ3) is 2.99. The monoisotopic (exact) mass is 284 g/mol. The molecule has 1 N–H and O–H groups in total. The highest BCUT2D eigenvalue weighted by Gasteiger charge is 2.38. The van der Waals surface area contributed by atoms with Gasteiger partial charge in [-0.05, 0) is 6.54 Å². The zero-order valence-corrected chi connectivity index (χ0v) is 11.6. The quantitative estimate of drug-likeness (QED) is 0.665. The Labute approximate surface area is 117 Å². The van der Waals surface area contributed by atoms with Crippen molar-refractivity contribution in [1.29, 1.82) is 0 Å². The van der Waals surface area contributed by atoms with Crippen LogP contribution in [0.1, 0.15) is 19.8 Å². The van der Waals surface area contributed by atoms with E-state index in [4.69, 9.17) is 9.84 Å². The van der Waals surface area contributed by atoms with Crippen LogP contribution in [0.2, 0.25) is 0 Å². The van der Waals surface area contributed by atoms with E-state index in [1.54, 1.807) is 0 Å². The molecule has 2 aliphatic heterocycles. The minimum atomic E-state index is -0.862. The van der Waals surface area contributed by atoms with Crippen molar-refractivity contribution >= 4 is 17.8 Å². The van der Waals surface area contributed by atoms with Crippen LogP contribution in [0.25, 0.3) is 0 Å². The summed E-state index contributed by atoms with van der Waals surface area (Å²) in [6.07, 6.45) is 0.574. The molecule has 0 bridgehead atoms. The number of likely N-dealkylation sites (N-methyl/N-ethyl adjacent to an activating group) is 1. The van der Waals surface area contributed by atoms with Gasteiger partial charge in [0.1, 0.15) is 0 Å². The second kappa shape index (κ2) is 6.32. The Bertz CT molecular complexity index is 396. The van der Waals surface area contributed by atoms with Gasteiger partial charge in [0.05, 0.1) is 19.1 Å². The van der Waals surface area contributed by atoms with Crippen LogP contribution in [-0.2, 0) is 19.1 Å². The number of hydrogen-bond acceptors (Lipinski definition) is 5. The molecule has 2 heterocycles. The van der Waals surface area contributed by atoms with Crippen molar-refractivity contribution in [2.24, 2.45) is 5.92 Å². The number of carboxylic acids is 1. The van der Waals surface area contributed by atoms with Crippen LogP contribution in [0.15, 0.2) is 0 Å². The van der Waals surface area contributed by atoms with E-state index in [-0.39, 0.29) is 37.3 Å². The molecule has 7 heteroatoms. The molecule has 0 spiro atoms. The van der Waals surface area contributed by atoms with Gasteiger partial charge in [-0.2, -0.15) is 0 Å². The van der Waals surface area contributed by atoms with Crippen LogP contribution < -0.4 is 0 Å². The van der Waals surface area contributed by atoms with Crippen LogP contribution in [0.4, 0.5) is 0 Å². The molecule has 2 amide bonds. The lowest BCUT2D eigenvalue weighted by atomic mass is 10.0. The van der Waals surface area contributed by atoms with Crippen LogP contribution in [0.3, 0.4) is 0 Å². The molecule has 2 unspecified atom stereocenters. The standard InChI is InChI=1S/C13H20N2O5/c1-2-14(10-8-20-7-9(10)13(18)19)5-6-15-11(16)3-4-12(15)17/h9-10H,2-8H2,1H3,(H,18,19). The molecule has 7 nitrogen and oxygen atoms in total. The maximum absolute atomic E-state index is 11.5. The highest BCUT2D eigenvalue weighted by molar-refractivity contribution is 6.01. The van der Waals surface area contributed by atoms with E-state index in [1.165, 1.54) is 4.90 Å². The van der Waals surface area contributed by atoms with E-state index in [0.717, 1.165) is 0 Å². The lowest BCUT2D eigenvalue weighted by Crippen LogP contribution is -2.47. The topological polar surface area (TPSA) is 87.2 Å². The normalized spacial score (nSPS) is 26.8. The van der Waals surface area contributed by atoms with Crippen molar-refractivity contribution in [1.82, 2.24) is 9.80 Å². The third-order valence-corrected chi connectivity index (χ3v) is 4.01. The number of aliphatic carboxylic acids is 1. The largest absolute Gasteiger partial charge is 0.481 e. The summed E-state index contributed by atoms with van der Waals surface area (Å²) in [4.78, 5) is 37.5. The maximum atomic E-state index is 11.5. The van der Waals surface area contributed by atoms with Gasteiger partial charge in [0.15, 0.2) is 0 Å². The summed E-state index contributed by atoms with van der Waals surface area (Å²) < 4.78 is 5.26. The summed E-state index contributed by atoms with van der Waals surface area (Å²) in [5, 5.41) is 9.17. The number of likely N-dealkylation sites (tertiary alicyclic amines) is 1. The Hall–Kier alpha value is -1.47. The summed E-state index contributed by atoms with van der Waals surface area (Å²) in [5.41, 5.74) is 0. The summed E-state index contributed by atoms with van der Waals surface area (Å²) in [6.45, 7) is 4.02. The second-order valence-corrected chi connectivity index (χ2v) is 5.12. The summed E-state index contributed by atoms with van der Waals surface area (Å²) in [6, 6.07) is -0.190. The van der Waals surface area contributed by atoms with Gasteiger partial charge in [-0.25, -0.2) is 0 Å². The number of carboxylic acid groups (broad SMARTS) is 1.